The molecule has 0 aliphatic heterocycles. The number of aryl methyl sites for hydroxylation is 1. The van der Waals surface area contributed by atoms with E-state index < -0.39 is 0 Å². The first-order chi connectivity index (χ1) is 13.2. The van der Waals surface area contributed by atoms with Crippen LogP contribution in [0.25, 0.3) is 16.6 Å². The van der Waals surface area contributed by atoms with Gasteiger partial charge in [-0.2, -0.15) is 4.68 Å². The fraction of sp³-hybridized carbons (Fsp3) is 0.158. The van der Waals surface area contributed by atoms with Crippen LogP contribution >= 0.6 is 11.6 Å². The number of hydrogen-bond donors (Lipinski definition) is 1. The molecule has 7 nitrogen and oxygen atoms in total. The van der Waals surface area contributed by atoms with Crippen molar-refractivity contribution >= 4 is 22.5 Å². The average Bonchev–Trinajstić information content (AvgIpc) is 3.14. The number of aromatic nitrogens is 5. The lowest BCUT2D eigenvalue weighted by Crippen LogP contribution is -2.06. The molecular formula is C19H16ClN5O2. The van der Waals surface area contributed by atoms with Gasteiger partial charge < -0.3 is 9.72 Å². The van der Waals surface area contributed by atoms with E-state index in [9.17, 15) is 4.79 Å². The van der Waals surface area contributed by atoms with Gasteiger partial charge in [0.1, 0.15) is 5.75 Å². The van der Waals surface area contributed by atoms with Gasteiger partial charge in [0.2, 0.25) is 5.56 Å². The zero-order valence-electron chi connectivity index (χ0n) is 14.3. The predicted octanol–water partition coefficient (Wildman–Crippen LogP) is 3.17. The number of hydrogen-bond acceptors (Lipinski definition) is 5. The fourth-order valence-electron chi connectivity index (χ4n) is 2.79. The summed E-state index contributed by atoms with van der Waals surface area (Å²) in [6.45, 7) is 0.530. The van der Waals surface area contributed by atoms with Crippen molar-refractivity contribution in [1.82, 2.24) is 25.2 Å². The Morgan fingerprint density at radius 1 is 1.07 bits per heavy atom. The van der Waals surface area contributed by atoms with Crippen molar-refractivity contribution < 1.29 is 4.74 Å². The van der Waals surface area contributed by atoms with Crippen molar-refractivity contribution in [2.45, 2.75) is 12.8 Å². The van der Waals surface area contributed by atoms with E-state index in [-0.39, 0.29) is 5.56 Å². The zero-order valence-corrected chi connectivity index (χ0v) is 15.1. The molecule has 0 amide bonds. The molecule has 4 aromatic rings. The number of aromatic amines is 1. The number of H-pyrrole nitrogens is 1. The summed E-state index contributed by atoms with van der Waals surface area (Å²) in [5.41, 5.74) is 1.54. The molecule has 0 radical (unpaired) electrons. The van der Waals surface area contributed by atoms with Crippen LogP contribution in [0.4, 0.5) is 0 Å². The maximum Gasteiger partial charge on any atom is 0.248 e. The summed E-state index contributed by atoms with van der Waals surface area (Å²) in [4.78, 5) is 14.1. The minimum absolute atomic E-state index is 0.116. The highest BCUT2D eigenvalue weighted by atomic mass is 35.5. The molecule has 4 rings (SSSR count). The normalized spacial score (nSPS) is 11.0. The van der Waals surface area contributed by atoms with Crippen LogP contribution in [0.15, 0.2) is 59.4 Å². The second kappa shape index (κ2) is 7.59. The van der Waals surface area contributed by atoms with E-state index >= 15 is 0 Å². The molecule has 0 spiro atoms. The number of nitrogens with zero attached hydrogens (tertiary/aromatic N) is 4. The number of halogens is 1. The third kappa shape index (κ3) is 3.98. The lowest BCUT2D eigenvalue weighted by molar-refractivity contribution is 0.310. The standard InChI is InChI=1S/C19H16ClN5O2/c20-14-4-6-15(7-5-14)25-18(22-23-24-25)2-1-11-27-16-8-9-17-13(12-16)3-10-19(26)21-17/h3-10,12H,1-2,11H2,(H,21,26). The molecule has 0 aliphatic rings. The van der Waals surface area contributed by atoms with Crippen molar-refractivity contribution in [1.29, 1.82) is 0 Å². The van der Waals surface area contributed by atoms with Gasteiger partial charge in [0.15, 0.2) is 5.82 Å². The third-order valence-electron chi connectivity index (χ3n) is 4.11. The second-order valence-electron chi connectivity index (χ2n) is 6.01. The SMILES string of the molecule is O=c1ccc2cc(OCCCc3nnnn3-c3ccc(Cl)cc3)ccc2[nH]1. The molecular weight excluding hydrogens is 366 g/mol. The lowest BCUT2D eigenvalue weighted by Gasteiger charge is -2.08. The minimum Gasteiger partial charge on any atom is -0.494 e. The maximum atomic E-state index is 11.3. The first-order valence-corrected chi connectivity index (χ1v) is 8.86. The number of rotatable bonds is 6. The molecule has 8 heteroatoms. The molecule has 0 saturated heterocycles. The molecule has 2 heterocycles. The van der Waals surface area contributed by atoms with Gasteiger partial charge in [-0.1, -0.05) is 11.6 Å². The summed E-state index contributed by atoms with van der Waals surface area (Å²) in [5, 5.41) is 13.5. The number of pyridine rings is 1. The fourth-order valence-corrected chi connectivity index (χ4v) is 2.91. The molecule has 1 N–H and O–H groups in total. The summed E-state index contributed by atoms with van der Waals surface area (Å²) in [7, 11) is 0. The van der Waals surface area contributed by atoms with E-state index in [0.29, 0.717) is 18.1 Å². The van der Waals surface area contributed by atoms with Crippen LogP contribution in [0.2, 0.25) is 5.02 Å². The summed E-state index contributed by atoms with van der Waals surface area (Å²) >= 11 is 5.92. The van der Waals surface area contributed by atoms with Crippen molar-refractivity contribution in [3.05, 3.63) is 75.8 Å². The number of benzene rings is 2. The second-order valence-corrected chi connectivity index (χ2v) is 6.44. The molecule has 0 saturated carbocycles. The first kappa shape index (κ1) is 17.2. The van der Waals surface area contributed by atoms with Gasteiger partial charge in [-0.15, -0.1) is 5.10 Å². The topological polar surface area (TPSA) is 85.7 Å². The van der Waals surface area contributed by atoms with Gasteiger partial charge in [0.25, 0.3) is 0 Å². The van der Waals surface area contributed by atoms with E-state index in [1.807, 2.05) is 30.3 Å². The Morgan fingerprint density at radius 2 is 1.93 bits per heavy atom. The van der Waals surface area contributed by atoms with Crippen LogP contribution < -0.4 is 10.3 Å². The van der Waals surface area contributed by atoms with Crippen LogP contribution in [-0.4, -0.2) is 31.8 Å². The Labute approximate surface area is 159 Å². The van der Waals surface area contributed by atoms with Crippen LogP contribution in [-0.2, 0) is 6.42 Å². The Kier molecular flexibility index (Phi) is 4.84. The van der Waals surface area contributed by atoms with Crippen molar-refractivity contribution in [3.63, 3.8) is 0 Å². The van der Waals surface area contributed by atoms with E-state index in [1.165, 1.54) is 6.07 Å². The van der Waals surface area contributed by atoms with Crippen LogP contribution in [0, 0.1) is 0 Å². The lowest BCUT2D eigenvalue weighted by atomic mass is 10.2. The number of nitrogens with one attached hydrogen (secondary N) is 1. The van der Waals surface area contributed by atoms with Crippen molar-refractivity contribution in [2.24, 2.45) is 0 Å². The molecule has 0 atom stereocenters. The average molecular weight is 382 g/mol. The highest BCUT2D eigenvalue weighted by Crippen LogP contribution is 2.19. The maximum absolute atomic E-state index is 11.3. The van der Waals surface area contributed by atoms with Crippen LogP contribution in [0.1, 0.15) is 12.2 Å². The highest BCUT2D eigenvalue weighted by molar-refractivity contribution is 6.30. The van der Waals surface area contributed by atoms with E-state index in [4.69, 9.17) is 16.3 Å². The van der Waals surface area contributed by atoms with Gasteiger partial charge in [-0.25, -0.2) is 0 Å². The summed E-state index contributed by atoms with van der Waals surface area (Å²) in [6, 6.07) is 16.2. The molecule has 0 fully saturated rings. The molecule has 27 heavy (non-hydrogen) atoms. The van der Waals surface area contributed by atoms with Crippen molar-refractivity contribution in [3.8, 4) is 11.4 Å². The van der Waals surface area contributed by atoms with Crippen LogP contribution in [0.3, 0.4) is 0 Å². The summed E-state index contributed by atoms with van der Waals surface area (Å²) in [6.07, 6.45) is 1.44. The predicted molar refractivity (Wildman–Crippen MR) is 103 cm³/mol. The number of ether oxygens (including phenoxy) is 1. The Morgan fingerprint density at radius 3 is 2.78 bits per heavy atom. The van der Waals surface area contributed by atoms with Gasteiger partial charge in [-0.05, 0) is 65.4 Å². The monoisotopic (exact) mass is 381 g/mol. The minimum atomic E-state index is -0.116. The van der Waals surface area contributed by atoms with E-state index in [2.05, 4.69) is 20.5 Å². The largest absolute Gasteiger partial charge is 0.494 e. The molecule has 136 valence electrons. The Bertz CT molecular complexity index is 1120. The van der Waals surface area contributed by atoms with Gasteiger partial charge in [0.05, 0.1) is 12.3 Å². The summed E-state index contributed by atoms with van der Waals surface area (Å²) in [5.74, 6) is 1.52. The number of tetrazole rings is 1. The van der Waals surface area contributed by atoms with Crippen molar-refractivity contribution in [2.75, 3.05) is 6.61 Å². The van der Waals surface area contributed by atoms with Gasteiger partial charge >= 0.3 is 0 Å². The smallest absolute Gasteiger partial charge is 0.248 e. The Balaban J connectivity index is 1.37. The van der Waals surface area contributed by atoms with E-state index in [1.54, 1.807) is 22.9 Å². The molecule has 0 unspecified atom stereocenters. The summed E-state index contributed by atoms with van der Waals surface area (Å²) < 4.78 is 7.51. The van der Waals surface area contributed by atoms with Gasteiger partial charge in [0, 0.05) is 28.4 Å². The third-order valence-corrected chi connectivity index (χ3v) is 4.37. The molecule has 2 aromatic heterocycles. The molecule has 2 aromatic carbocycles. The van der Waals surface area contributed by atoms with Crippen LogP contribution in [0.5, 0.6) is 5.75 Å². The highest BCUT2D eigenvalue weighted by Gasteiger charge is 2.08. The number of fused-ring (bicyclic) bond motifs is 1. The quantitative estimate of drug-likeness (QED) is 0.518. The molecule has 0 aliphatic carbocycles. The van der Waals surface area contributed by atoms with Gasteiger partial charge in [-0.3, -0.25) is 4.79 Å². The zero-order chi connectivity index (χ0) is 18.6. The first-order valence-electron chi connectivity index (χ1n) is 8.48. The van der Waals surface area contributed by atoms with E-state index in [0.717, 1.165) is 34.6 Å². The molecule has 0 bridgehead atoms. The Hall–Kier alpha value is -3.19.